The van der Waals surface area contributed by atoms with Gasteiger partial charge in [0.25, 0.3) is 0 Å². The van der Waals surface area contributed by atoms with E-state index in [4.69, 9.17) is 0 Å². The molecule has 0 bridgehead atoms. The number of carbonyl (C=O) groups excluding carboxylic acids is 1. The minimum absolute atomic E-state index is 0.364. The lowest BCUT2D eigenvalue weighted by atomic mass is 9.95. The first-order valence-corrected chi connectivity index (χ1v) is 6.96. The second kappa shape index (κ2) is 4.64. The van der Waals surface area contributed by atoms with Crippen molar-refractivity contribution in [1.29, 1.82) is 0 Å². The topological polar surface area (TPSA) is 17.1 Å². The van der Waals surface area contributed by atoms with E-state index in [0.717, 1.165) is 12.8 Å². The van der Waals surface area contributed by atoms with Gasteiger partial charge in [0.05, 0.1) is 0 Å². The van der Waals surface area contributed by atoms with E-state index in [1.54, 1.807) is 0 Å². The van der Waals surface area contributed by atoms with Crippen LogP contribution in [-0.4, -0.2) is 5.78 Å². The lowest BCUT2D eigenvalue weighted by Crippen LogP contribution is -2.13. The minimum Gasteiger partial charge on any atom is -0.299 e. The molecule has 0 radical (unpaired) electrons. The lowest BCUT2D eigenvalue weighted by molar-refractivity contribution is -0.122. The molecule has 1 heteroatoms. The number of ketones is 1. The number of hydrogen-bond acceptors (Lipinski definition) is 1. The summed E-state index contributed by atoms with van der Waals surface area (Å²) in [5.41, 5.74) is 4.23. The van der Waals surface area contributed by atoms with Crippen LogP contribution in [0.4, 0.5) is 0 Å². The molecule has 0 saturated heterocycles. The number of Topliss-reactive ketones (excluding diaryl/α,β-unsaturated/α-hetero) is 1. The standard InChI is InChI=1S/C16H20O/c17-16(14-4-1-2-5-14)11-12-8-9-13-6-3-7-15(13)10-12/h8-10,14H,1-7,11H2. The number of rotatable bonds is 3. The summed E-state index contributed by atoms with van der Waals surface area (Å²) < 4.78 is 0. The van der Waals surface area contributed by atoms with Crippen LogP contribution in [0.3, 0.4) is 0 Å². The molecule has 0 aromatic heterocycles. The van der Waals surface area contributed by atoms with Gasteiger partial charge in [-0.3, -0.25) is 4.79 Å². The van der Waals surface area contributed by atoms with Crippen LogP contribution in [0.2, 0.25) is 0 Å². The van der Waals surface area contributed by atoms with Gasteiger partial charge < -0.3 is 0 Å². The Morgan fingerprint density at radius 3 is 2.65 bits per heavy atom. The highest BCUT2D eigenvalue weighted by Crippen LogP contribution is 2.28. The van der Waals surface area contributed by atoms with E-state index in [1.165, 1.54) is 48.8 Å². The van der Waals surface area contributed by atoms with Gasteiger partial charge in [-0.2, -0.15) is 0 Å². The SMILES string of the molecule is O=C(Cc1ccc2c(c1)CCC2)C1CCCC1. The van der Waals surface area contributed by atoms with Crippen LogP contribution in [0.1, 0.15) is 48.8 Å². The predicted octanol–water partition coefficient (Wildman–Crippen LogP) is 3.48. The molecule has 3 rings (SSSR count). The molecule has 1 saturated carbocycles. The van der Waals surface area contributed by atoms with E-state index >= 15 is 0 Å². The number of fused-ring (bicyclic) bond motifs is 1. The highest BCUT2D eigenvalue weighted by molar-refractivity contribution is 5.83. The summed E-state index contributed by atoms with van der Waals surface area (Å²) in [6.07, 6.45) is 9.15. The molecule has 1 fully saturated rings. The zero-order chi connectivity index (χ0) is 11.7. The smallest absolute Gasteiger partial charge is 0.140 e. The second-order valence-corrected chi connectivity index (χ2v) is 5.58. The normalized spacial score (nSPS) is 19.5. The largest absolute Gasteiger partial charge is 0.299 e. The average Bonchev–Trinajstić information content (AvgIpc) is 2.99. The third-order valence-electron chi connectivity index (χ3n) is 4.35. The van der Waals surface area contributed by atoms with Gasteiger partial charge in [0, 0.05) is 12.3 Å². The lowest BCUT2D eigenvalue weighted by Gasteiger charge is -2.09. The Morgan fingerprint density at radius 1 is 1.06 bits per heavy atom. The van der Waals surface area contributed by atoms with E-state index in [1.807, 2.05) is 0 Å². The van der Waals surface area contributed by atoms with Crippen LogP contribution in [0, 0.1) is 5.92 Å². The molecule has 0 atom stereocenters. The maximum Gasteiger partial charge on any atom is 0.140 e. The van der Waals surface area contributed by atoms with Crippen LogP contribution >= 0.6 is 0 Å². The van der Waals surface area contributed by atoms with Crippen molar-refractivity contribution < 1.29 is 4.79 Å². The molecule has 2 aliphatic rings. The fourth-order valence-corrected chi connectivity index (χ4v) is 3.33. The van der Waals surface area contributed by atoms with Crippen LogP contribution < -0.4 is 0 Å². The highest BCUT2D eigenvalue weighted by atomic mass is 16.1. The highest BCUT2D eigenvalue weighted by Gasteiger charge is 2.22. The number of benzene rings is 1. The summed E-state index contributed by atoms with van der Waals surface area (Å²) in [6, 6.07) is 6.67. The van der Waals surface area contributed by atoms with E-state index < -0.39 is 0 Å². The van der Waals surface area contributed by atoms with E-state index in [0.29, 0.717) is 18.1 Å². The monoisotopic (exact) mass is 228 g/mol. The van der Waals surface area contributed by atoms with Gasteiger partial charge in [-0.05, 0) is 48.8 Å². The van der Waals surface area contributed by atoms with Crippen molar-refractivity contribution in [1.82, 2.24) is 0 Å². The number of hydrogen-bond donors (Lipinski definition) is 0. The van der Waals surface area contributed by atoms with E-state index in [9.17, 15) is 4.79 Å². The molecule has 0 amide bonds. The fourth-order valence-electron chi connectivity index (χ4n) is 3.33. The van der Waals surface area contributed by atoms with Crippen molar-refractivity contribution in [2.45, 2.75) is 51.4 Å². The first-order chi connectivity index (χ1) is 8.33. The zero-order valence-corrected chi connectivity index (χ0v) is 10.4. The van der Waals surface area contributed by atoms with Gasteiger partial charge in [-0.1, -0.05) is 31.0 Å². The molecule has 0 unspecified atom stereocenters. The summed E-state index contributed by atoms with van der Waals surface area (Å²) in [6.45, 7) is 0. The summed E-state index contributed by atoms with van der Waals surface area (Å²) in [5.74, 6) is 0.837. The quantitative estimate of drug-likeness (QED) is 0.774. The molecule has 0 heterocycles. The zero-order valence-electron chi connectivity index (χ0n) is 10.4. The van der Waals surface area contributed by atoms with E-state index in [-0.39, 0.29) is 0 Å². The Balaban J connectivity index is 1.70. The van der Waals surface area contributed by atoms with Gasteiger partial charge in [-0.15, -0.1) is 0 Å². The Labute approximate surface area is 103 Å². The fraction of sp³-hybridized carbons (Fsp3) is 0.562. The number of carbonyl (C=O) groups is 1. The molecule has 17 heavy (non-hydrogen) atoms. The molecular weight excluding hydrogens is 208 g/mol. The van der Waals surface area contributed by atoms with Gasteiger partial charge in [0.2, 0.25) is 0 Å². The summed E-state index contributed by atoms with van der Waals surface area (Å²) in [7, 11) is 0. The number of aryl methyl sites for hydroxylation is 2. The maximum absolute atomic E-state index is 12.1. The van der Waals surface area contributed by atoms with Crippen molar-refractivity contribution >= 4 is 5.78 Å². The van der Waals surface area contributed by atoms with Gasteiger partial charge >= 0.3 is 0 Å². The van der Waals surface area contributed by atoms with Crippen LogP contribution in [0.15, 0.2) is 18.2 Å². The van der Waals surface area contributed by atoms with Gasteiger partial charge in [0.1, 0.15) is 5.78 Å². The van der Waals surface area contributed by atoms with Crippen molar-refractivity contribution in [3.8, 4) is 0 Å². The molecule has 0 aliphatic heterocycles. The predicted molar refractivity (Wildman–Crippen MR) is 69.1 cm³/mol. The summed E-state index contributed by atoms with van der Waals surface area (Å²) >= 11 is 0. The van der Waals surface area contributed by atoms with Crippen LogP contribution in [-0.2, 0) is 24.1 Å². The average molecular weight is 228 g/mol. The van der Waals surface area contributed by atoms with Crippen LogP contribution in [0.5, 0.6) is 0 Å². The molecule has 90 valence electrons. The van der Waals surface area contributed by atoms with Gasteiger partial charge in [0.15, 0.2) is 0 Å². The Hall–Kier alpha value is -1.11. The molecule has 1 aromatic rings. The molecule has 0 N–H and O–H groups in total. The van der Waals surface area contributed by atoms with E-state index in [2.05, 4.69) is 18.2 Å². The second-order valence-electron chi connectivity index (χ2n) is 5.58. The van der Waals surface area contributed by atoms with Crippen LogP contribution in [0.25, 0.3) is 0 Å². The molecule has 2 aliphatic carbocycles. The third kappa shape index (κ3) is 2.29. The molecule has 1 nitrogen and oxygen atoms in total. The van der Waals surface area contributed by atoms with Crippen molar-refractivity contribution in [2.24, 2.45) is 5.92 Å². The maximum atomic E-state index is 12.1. The summed E-state index contributed by atoms with van der Waals surface area (Å²) in [4.78, 5) is 12.1. The van der Waals surface area contributed by atoms with Crippen molar-refractivity contribution in [3.63, 3.8) is 0 Å². The summed E-state index contributed by atoms with van der Waals surface area (Å²) in [5, 5.41) is 0. The van der Waals surface area contributed by atoms with Crippen molar-refractivity contribution in [3.05, 3.63) is 34.9 Å². The first-order valence-electron chi connectivity index (χ1n) is 6.96. The minimum atomic E-state index is 0.364. The Kier molecular flexibility index (Phi) is 3.00. The molecule has 0 spiro atoms. The molecular formula is C16H20O. The first kappa shape index (κ1) is 11.0. The Bertz CT molecular complexity index is 427. The Morgan fingerprint density at radius 2 is 1.82 bits per heavy atom. The molecule has 1 aromatic carbocycles. The third-order valence-corrected chi connectivity index (χ3v) is 4.35. The van der Waals surface area contributed by atoms with Gasteiger partial charge in [-0.25, -0.2) is 0 Å². The van der Waals surface area contributed by atoms with Crippen molar-refractivity contribution in [2.75, 3.05) is 0 Å².